The number of hydrogen-bond acceptors (Lipinski definition) is 5. The molecule has 2 aliphatic heterocycles. The van der Waals surface area contributed by atoms with Crippen molar-refractivity contribution in [3.63, 3.8) is 0 Å². The van der Waals surface area contributed by atoms with E-state index in [2.05, 4.69) is 10.2 Å². The van der Waals surface area contributed by atoms with E-state index >= 15 is 0 Å². The van der Waals surface area contributed by atoms with Gasteiger partial charge >= 0.3 is 0 Å². The van der Waals surface area contributed by atoms with Crippen molar-refractivity contribution in [2.75, 3.05) is 45.0 Å². The number of piperazine rings is 1. The van der Waals surface area contributed by atoms with Gasteiger partial charge in [-0.1, -0.05) is 19.8 Å². The van der Waals surface area contributed by atoms with Crippen LogP contribution in [0.5, 0.6) is 0 Å². The maximum Gasteiger partial charge on any atom is 0.251 e. The van der Waals surface area contributed by atoms with E-state index in [0.717, 1.165) is 51.9 Å². The van der Waals surface area contributed by atoms with E-state index in [0.29, 0.717) is 24.6 Å². The monoisotopic (exact) mass is 418 g/mol. The number of carbonyl (C=O) groups excluding carboxylic acids is 1. The number of nitrogens with one attached hydrogen (secondary N) is 1. The second-order valence-corrected chi connectivity index (χ2v) is 10.4. The molecule has 0 spiro atoms. The van der Waals surface area contributed by atoms with E-state index in [1.807, 2.05) is 25.7 Å². The van der Waals surface area contributed by atoms with Crippen LogP contribution in [0.25, 0.3) is 0 Å². The lowest BCUT2D eigenvalue weighted by molar-refractivity contribution is -0.125. The molecule has 0 aromatic rings. The predicted octanol–water partition coefficient (Wildman–Crippen LogP) is 1.40. The van der Waals surface area contributed by atoms with Crippen molar-refractivity contribution in [1.29, 1.82) is 0 Å². The quantitative estimate of drug-likeness (QED) is 0.427. The molecule has 2 fully saturated rings. The van der Waals surface area contributed by atoms with Gasteiger partial charge in [0.2, 0.25) is 10.0 Å². The summed E-state index contributed by atoms with van der Waals surface area (Å²) in [6.07, 6.45) is 5.05. The number of thiocarbonyl (C=S) groups is 1. The lowest BCUT2D eigenvalue weighted by atomic mass is 10.0. The van der Waals surface area contributed by atoms with Gasteiger partial charge in [-0.25, -0.2) is 8.42 Å². The molecule has 27 heavy (non-hydrogen) atoms. The van der Waals surface area contributed by atoms with E-state index in [-0.39, 0.29) is 11.7 Å². The molecular formula is C18H34N4O3S2. The molecule has 1 N–H and O–H groups in total. The van der Waals surface area contributed by atoms with Gasteiger partial charge in [0.1, 0.15) is 5.54 Å². The van der Waals surface area contributed by atoms with E-state index in [4.69, 9.17) is 12.2 Å². The van der Waals surface area contributed by atoms with Crippen LogP contribution < -0.4 is 5.32 Å². The zero-order valence-corrected chi connectivity index (χ0v) is 18.5. The van der Waals surface area contributed by atoms with Crippen molar-refractivity contribution in [3.8, 4) is 0 Å². The van der Waals surface area contributed by atoms with Crippen LogP contribution in [0.4, 0.5) is 0 Å². The molecule has 0 unspecified atom stereocenters. The first-order valence-corrected chi connectivity index (χ1v) is 12.0. The SMILES string of the molecule is CCCS(=O)(=O)N1CCN(CCCCCCN2C(=S)NC(=O)C2(C)C)CC1. The van der Waals surface area contributed by atoms with Crippen molar-refractivity contribution in [2.45, 2.75) is 58.4 Å². The van der Waals surface area contributed by atoms with Crippen LogP contribution >= 0.6 is 12.2 Å². The Labute approximate surface area is 169 Å². The number of unbranched alkanes of at least 4 members (excludes halogenated alkanes) is 3. The van der Waals surface area contributed by atoms with Crippen molar-refractivity contribution >= 4 is 33.3 Å². The summed E-state index contributed by atoms with van der Waals surface area (Å²) in [4.78, 5) is 16.2. The number of nitrogens with zero attached hydrogens (tertiary/aromatic N) is 3. The molecule has 2 saturated heterocycles. The summed E-state index contributed by atoms with van der Waals surface area (Å²) >= 11 is 5.25. The highest BCUT2D eigenvalue weighted by Crippen LogP contribution is 2.21. The van der Waals surface area contributed by atoms with Gasteiger partial charge in [0.25, 0.3) is 5.91 Å². The third kappa shape index (κ3) is 5.85. The lowest BCUT2D eigenvalue weighted by Gasteiger charge is -2.34. The molecular weight excluding hydrogens is 384 g/mol. The lowest BCUT2D eigenvalue weighted by Crippen LogP contribution is -2.49. The summed E-state index contributed by atoms with van der Waals surface area (Å²) in [6.45, 7) is 10.4. The normalized spacial score (nSPS) is 21.7. The standard InChI is InChI=1S/C18H34N4O3S2/c1-4-15-27(24,25)21-13-11-20(12-14-21)9-7-5-6-8-10-22-17(26)19-16(23)18(22,2)3/h4-15H2,1-3H3,(H,19,23,26). The van der Waals surface area contributed by atoms with Crippen LogP contribution in [-0.2, 0) is 14.8 Å². The molecule has 7 nitrogen and oxygen atoms in total. The van der Waals surface area contributed by atoms with Gasteiger partial charge in [-0.15, -0.1) is 0 Å². The van der Waals surface area contributed by atoms with E-state index < -0.39 is 15.6 Å². The Hall–Kier alpha value is -0.770. The number of amides is 1. The summed E-state index contributed by atoms with van der Waals surface area (Å²) < 4.78 is 25.8. The predicted molar refractivity (Wildman–Crippen MR) is 112 cm³/mol. The zero-order valence-electron chi connectivity index (χ0n) is 16.9. The van der Waals surface area contributed by atoms with Gasteiger partial charge < -0.3 is 15.1 Å². The Bertz CT molecular complexity index is 629. The van der Waals surface area contributed by atoms with Gasteiger partial charge in [-0.2, -0.15) is 4.31 Å². The summed E-state index contributed by atoms with van der Waals surface area (Å²) in [5, 5.41) is 3.28. The van der Waals surface area contributed by atoms with Crippen molar-refractivity contribution in [3.05, 3.63) is 0 Å². The van der Waals surface area contributed by atoms with Crippen LogP contribution in [0.15, 0.2) is 0 Å². The highest BCUT2D eigenvalue weighted by molar-refractivity contribution is 7.89. The average Bonchev–Trinajstić information content (AvgIpc) is 2.79. The summed E-state index contributed by atoms with van der Waals surface area (Å²) in [5.41, 5.74) is -0.547. The van der Waals surface area contributed by atoms with Gasteiger partial charge in [-0.3, -0.25) is 4.79 Å². The van der Waals surface area contributed by atoms with Crippen LogP contribution in [0.3, 0.4) is 0 Å². The molecule has 0 bridgehead atoms. The Morgan fingerprint density at radius 1 is 1.04 bits per heavy atom. The van der Waals surface area contributed by atoms with Crippen LogP contribution in [0, 0.1) is 0 Å². The number of rotatable bonds is 10. The second-order valence-electron chi connectivity index (χ2n) is 7.94. The highest BCUT2D eigenvalue weighted by atomic mass is 32.2. The minimum absolute atomic E-state index is 0.0207. The fraction of sp³-hybridized carbons (Fsp3) is 0.889. The maximum atomic E-state index is 12.1. The number of sulfonamides is 1. The highest BCUT2D eigenvalue weighted by Gasteiger charge is 2.42. The fourth-order valence-electron chi connectivity index (χ4n) is 3.65. The Balaban J connectivity index is 1.58. The largest absolute Gasteiger partial charge is 0.335 e. The maximum absolute atomic E-state index is 12.1. The molecule has 2 heterocycles. The van der Waals surface area contributed by atoms with Crippen LogP contribution in [0.2, 0.25) is 0 Å². The first-order chi connectivity index (χ1) is 12.7. The third-order valence-electron chi connectivity index (χ3n) is 5.49. The minimum atomic E-state index is -3.05. The van der Waals surface area contributed by atoms with Gasteiger partial charge in [0, 0.05) is 32.7 Å². The molecule has 156 valence electrons. The van der Waals surface area contributed by atoms with Crippen LogP contribution in [-0.4, -0.2) is 84.1 Å². The van der Waals surface area contributed by atoms with E-state index in [1.54, 1.807) is 4.31 Å². The molecule has 0 aliphatic carbocycles. The molecule has 1 amide bonds. The molecule has 0 aromatic heterocycles. The average molecular weight is 419 g/mol. The topological polar surface area (TPSA) is 73.0 Å². The van der Waals surface area contributed by atoms with Crippen molar-refractivity contribution in [1.82, 2.24) is 19.4 Å². The minimum Gasteiger partial charge on any atom is -0.335 e. The first-order valence-electron chi connectivity index (χ1n) is 10.0. The van der Waals surface area contributed by atoms with Crippen LogP contribution in [0.1, 0.15) is 52.9 Å². The zero-order chi connectivity index (χ0) is 20.1. The summed E-state index contributed by atoms with van der Waals surface area (Å²) in [7, 11) is -3.05. The molecule has 2 aliphatic rings. The summed E-state index contributed by atoms with van der Waals surface area (Å²) in [5.74, 6) is 0.235. The Morgan fingerprint density at radius 2 is 1.63 bits per heavy atom. The van der Waals surface area contributed by atoms with E-state index in [1.165, 1.54) is 0 Å². The molecule has 0 atom stereocenters. The van der Waals surface area contributed by atoms with E-state index in [9.17, 15) is 13.2 Å². The molecule has 0 saturated carbocycles. The molecule has 9 heteroatoms. The van der Waals surface area contributed by atoms with Crippen molar-refractivity contribution in [2.24, 2.45) is 0 Å². The summed E-state index contributed by atoms with van der Waals surface area (Å²) in [6, 6.07) is 0. The number of carbonyl (C=O) groups is 1. The Kier molecular flexibility index (Phi) is 8.03. The number of hydrogen-bond donors (Lipinski definition) is 1. The third-order valence-corrected chi connectivity index (χ3v) is 7.89. The second kappa shape index (κ2) is 9.62. The van der Waals surface area contributed by atoms with Crippen molar-refractivity contribution < 1.29 is 13.2 Å². The smallest absolute Gasteiger partial charge is 0.251 e. The fourth-order valence-corrected chi connectivity index (χ4v) is 5.56. The molecule has 2 rings (SSSR count). The van der Waals surface area contributed by atoms with Gasteiger partial charge in [0.05, 0.1) is 5.75 Å². The molecule has 0 aromatic carbocycles. The van der Waals surface area contributed by atoms with Gasteiger partial charge in [0.15, 0.2) is 5.11 Å². The first kappa shape index (κ1) is 22.5. The molecule has 0 radical (unpaired) electrons. The Morgan fingerprint density at radius 3 is 2.15 bits per heavy atom. The van der Waals surface area contributed by atoms with Gasteiger partial charge in [-0.05, 0) is 51.9 Å².